The minimum absolute atomic E-state index is 0.173. The number of carbonyl (C=O) groups excluding carboxylic acids is 1. The van der Waals surface area contributed by atoms with Gasteiger partial charge >= 0.3 is 0 Å². The molecule has 2 aromatic heterocycles. The molecule has 0 aliphatic rings. The van der Waals surface area contributed by atoms with Gasteiger partial charge in [-0.05, 0) is 29.8 Å². The molecular weight excluding hydrogens is 374 g/mol. The topological polar surface area (TPSA) is 68.0 Å². The number of hydrogen-bond acceptors (Lipinski definition) is 4. The molecule has 4 aromatic rings. The first-order valence-electron chi connectivity index (χ1n) is 8.71. The lowest BCUT2D eigenvalue weighted by Crippen LogP contribution is -2.30. The molecule has 0 spiro atoms. The van der Waals surface area contributed by atoms with Crippen LogP contribution < -0.4 is 5.32 Å². The van der Waals surface area contributed by atoms with E-state index in [2.05, 4.69) is 15.5 Å². The van der Waals surface area contributed by atoms with E-state index in [1.54, 1.807) is 18.3 Å². The van der Waals surface area contributed by atoms with Crippen LogP contribution in [0.15, 0.2) is 89.6 Å². The van der Waals surface area contributed by atoms with Crippen molar-refractivity contribution in [2.24, 2.45) is 0 Å². The van der Waals surface area contributed by atoms with Gasteiger partial charge in [-0.3, -0.25) is 9.78 Å². The third kappa shape index (κ3) is 3.80. The fourth-order valence-corrected chi connectivity index (χ4v) is 3.12. The fraction of sp³-hybridized carbons (Fsp3) is 0.0455. The Kier molecular flexibility index (Phi) is 5.17. The standard InChI is InChI=1S/C22H16ClN3O2/c23-17-11-5-4-10-16(17)20-14-19(26-28-20)22(27)25-21(15-8-2-1-3-9-15)18-12-6-7-13-24-18/h1-14,21H,(H,25,27). The van der Waals surface area contributed by atoms with Gasteiger partial charge in [-0.2, -0.15) is 0 Å². The van der Waals surface area contributed by atoms with Gasteiger partial charge in [-0.25, -0.2) is 0 Å². The van der Waals surface area contributed by atoms with Crippen LogP contribution in [-0.4, -0.2) is 16.0 Å². The molecule has 6 heteroatoms. The Morgan fingerprint density at radius 1 is 0.964 bits per heavy atom. The largest absolute Gasteiger partial charge is 0.355 e. The van der Waals surface area contributed by atoms with E-state index >= 15 is 0 Å². The molecule has 138 valence electrons. The number of benzene rings is 2. The van der Waals surface area contributed by atoms with E-state index in [-0.39, 0.29) is 11.6 Å². The molecule has 1 N–H and O–H groups in total. The Hall–Kier alpha value is -3.44. The van der Waals surface area contributed by atoms with Crippen molar-refractivity contribution < 1.29 is 9.32 Å². The van der Waals surface area contributed by atoms with Gasteiger partial charge in [0.25, 0.3) is 5.91 Å². The molecule has 0 aliphatic heterocycles. The molecule has 0 fully saturated rings. The van der Waals surface area contributed by atoms with Crippen molar-refractivity contribution in [3.8, 4) is 11.3 Å². The lowest BCUT2D eigenvalue weighted by Gasteiger charge is -2.18. The number of nitrogens with one attached hydrogen (secondary N) is 1. The molecule has 28 heavy (non-hydrogen) atoms. The van der Waals surface area contributed by atoms with Gasteiger partial charge in [0.05, 0.1) is 16.8 Å². The summed E-state index contributed by atoms with van der Waals surface area (Å²) in [4.78, 5) is 17.2. The molecule has 0 bridgehead atoms. The van der Waals surface area contributed by atoms with Crippen molar-refractivity contribution in [1.82, 2.24) is 15.5 Å². The van der Waals surface area contributed by atoms with Crippen LogP contribution >= 0.6 is 11.6 Å². The number of nitrogens with zero attached hydrogens (tertiary/aromatic N) is 2. The molecule has 0 radical (unpaired) electrons. The van der Waals surface area contributed by atoms with Crippen molar-refractivity contribution in [2.45, 2.75) is 6.04 Å². The number of pyridine rings is 1. The van der Waals surface area contributed by atoms with Crippen molar-refractivity contribution >= 4 is 17.5 Å². The zero-order chi connectivity index (χ0) is 19.3. The van der Waals surface area contributed by atoms with E-state index in [1.165, 1.54) is 0 Å². The van der Waals surface area contributed by atoms with E-state index in [0.717, 1.165) is 11.3 Å². The van der Waals surface area contributed by atoms with Gasteiger partial charge < -0.3 is 9.84 Å². The maximum atomic E-state index is 12.8. The van der Waals surface area contributed by atoms with Crippen LogP contribution in [0.2, 0.25) is 5.02 Å². The highest BCUT2D eigenvalue weighted by atomic mass is 35.5. The molecule has 4 rings (SSSR count). The van der Waals surface area contributed by atoms with Crippen molar-refractivity contribution in [2.75, 3.05) is 0 Å². The lowest BCUT2D eigenvalue weighted by atomic mass is 10.0. The molecule has 0 saturated heterocycles. The minimum Gasteiger partial charge on any atom is -0.355 e. The normalized spacial score (nSPS) is 11.8. The van der Waals surface area contributed by atoms with Crippen LogP contribution in [0.4, 0.5) is 0 Å². The third-order valence-corrected chi connectivity index (χ3v) is 4.60. The summed E-state index contributed by atoms with van der Waals surface area (Å²) in [6.07, 6.45) is 1.70. The highest BCUT2D eigenvalue weighted by Crippen LogP contribution is 2.28. The summed E-state index contributed by atoms with van der Waals surface area (Å²) in [6, 6.07) is 23.6. The Labute approximate surface area is 167 Å². The minimum atomic E-state index is -0.407. The summed E-state index contributed by atoms with van der Waals surface area (Å²) in [5.74, 6) is 0.0754. The number of rotatable bonds is 5. The maximum absolute atomic E-state index is 12.8. The average molecular weight is 390 g/mol. The molecule has 5 nitrogen and oxygen atoms in total. The molecule has 2 heterocycles. The van der Waals surface area contributed by atoms with Gasteiger partial charge in [0, 0.05) is 17.8 Å². The summed E-state index contributed by atoms with van der Waals surface area (Å²) in [5, 5.41) is 7.43. The van der Waals surface area contributed by atoms with Gasteiger partial charge in [0.1, 0.15) is 0 Å². The fourth-order valence-electron chi connectivity index (χ4n) is 2.90. The quantitative estimate of drug-likeness (QED) is 0.526. The summed E-state index contributed by atoms with van der Waals surface area (Å²) < 4.78 is 5.33. The summed E-state index contributed by atoms with van der Waals surface area (Å²) in [6.45, 7) is 0. The van der Waals surface area contributed by atoms with Crippen LogP contribution in [0.1, 0.15) is 27.8 Å². The van der Waals surface area contributed by atoms with Gasteiger partial charge in [0.15, 0.2) is 11.5 Å². The summed E-state index contributed by atoms with van der Waals surface area (Å²) >= 11 is 6.20. The number of aromatic nitrogens is 2. The molecule has 2 aromatic carbocycles. The second-order valence-corrected chi connectivity index (χ2v) is 6.54. The van der Waals surface area contributed by atoms with Crippen molar-refractivity contribution in [3.63, 3.8) is 0 Å². The first kappa shape index (κ1) is 17.9. The van der Waals surface area contributed by atoms with Gasteiger partial charge in [0.2, 0.25) is 0 Å². The lowest BCUT2D eigenvalue weighted by molar-refractivity contribution is 0.0933. The average Bonchev–Trinajstić information content (AvgIpc) is 3.23. The van der Waals surface area contributed by atoms with Crippen molar-refractivity contribution in [3.05, 3.63) is 107 Å². The molecule has 0 aliphatic carbocycles. The van der Waals surface area contributed by atoms with Crippen LogP contribution in [0, 0.1) is 0 Å². The molecule has 1 atom stereocenters. The maximum Gasteiger partial charge on any atom is 0.274 e. The van der Waals surface area contributed by atoms with E-state index in [4.69, 9.17) is 16.1 Å². The van der Waals surface area contributed by atoms with E-state index in [9.17, 15) is 4.79 Å². The zero-order valence-corrected chi connectivity index (χ0v) is 15.5. The highest BCUT2D eigenvalue weighted by Gasteiger charge is 2.21. The van der Waals surface area contributed by atoms with Gasteiger partial charge in [-0.15, -0.1) is 0 Å². The van der Waals surface area contributed by atoms with Crippen molar-refractivity contribution in [1.29, 1.82) is 0 Å². The molecule has 1 unspecified atom stereocenters. The number of hydrogen-bond donors (Lipinski definition) is 1. The Balaban J connectivity index is 1.61. The number of carbonyl (C=O) groups is 1. The zero-order valence-electron chi connectivity index (χ0n) is 14.7. The van der Waals surface area contributed by atoms with Gasteiger partial charge in [-0.1, -0.05) is 65.3 Å². The second kappa shape index (κ2) is 8.06. The van der Waals surface area contributed by atoms with Crippen LogP contribution in [0.5, 0.6) is 0 Å². The predicted molar refractivity (Wildman–Crippen MR) is 107 cm³/mol. The Morgan fingerprint density at radius 2 is 1.71 bits per heavy atom. The molecule has 1 amide bonds. The summed E-state index contributed by atoms with van der Waals surface area (Å²) in [5.41, 5.74) is 2.51. The smallest absolute Gasteiger partial charge is 0.274 e. The molecule has 0 saturated carbocycles. The van der Waals surface area contributed by atoms with Crippen LogP contribution in [-0.2, 0) is 0 Å². The van der Waals surface area contributed by atoms with E-state index < -0.39 is 6.04 Å². The highest BCUT2D eigenvalue weighted by molar-refractivity contribution is 6.33. The van der Waals surface area contributed by atoms with Crippen LogP contribution in [0.25, 0.3) is 11.3 Å². The van der Waals surface area contributed by atoms with E-state index in [0.29, 0.717) is 16.3 Å². The number of halogens is 1. The summed E-state index contributed by atoms with van der Waals surface area (Å²) in [7, 11) is 0. The first-order valence-corrected chi connectivity index (χ1v) is 9.08. The number of amides is 1. The second-order valence-electron chi connectivity index (χ2n) is 6.13. The predicted octanol–water partition coefficient (Wildman–Crippen LogP) is 4.91. The molecular formula is C22H16ClN3O2. The van der Waals surface area contributed by atoms with Crippen LogP contribution in [0.3, 0.4) is 0 Å². The van der Waals surface area contributed by atoms with E-state index in [1.807, 2.05) is 66.7 Å². The Bertz CT molecular complexity index is 1040. The third-order valence-electron chi connectivity index (χ3n) is 4.27. The first-order chi connectivity index (χ1) is 13.7. The SMILES string of the molecule is O=C(NC(c1ccccc1)c1ccccn1)c1cc(-c2ccccc2Cl)on1. The monoisotopic (exact) mass is 389 g/mol. The Morgan fingerprint density at radius 3 is 2.46 bits per heavy atom.